The lowest BCUT2D eigenvalue weighted by Crippen LogP contribution is -2.40. The lowest BCUT2D eigenvalue weighted by atomic mass is 9.91. The third-order valence-corrected chi connectivity index (χ3v) is 3.42. The van der Waals surface area contributed by atoms with Gasteiger partial charge in [0.15, 0.2) is 0 Å². The van der Waals surface area contributed by atoms with E-state index in [1.165, 1.54) is 12.8 Å². The number of hydrogen-bond donors (Lipinski definition) is 2. The fraction of sp³-hybridized carbons (Fsp3) is 0.562. The molecular formula is C16H26N2O. The van der Waals surface area contributed by atoms with Crippen LogP contribution in [0.2, 0.25) is 0 Å². The lowest BCUT2D eigenvalue weighted by Gasteiger charge is -2.24. The summed E-state index contributed by atoms with van der Waals surface area (Å²) in [5.74, 6) is 0.566. The van der Waals surface area contributed by atoms with Crippen LogP contribution >= 0.6 is 0 Å². The van der Waals surface area contributed by atoms with Gasteiger partial charge in [-0.05, 0) is 37.8 Å². The average molecular weight is 262 g/mol. The molecule has 106 valence electrons. The summed E-state index contributed by atoms with van der Waals surface area (Å²) in [6, 6.07) is 9.63. The topological polar surface area (TPSA) is 41.1 Å². The Morgan fingerprint density at radius 3 is 2.21 bits per heavy atom. The molecule has 3 nitrogen and oxygen atoms in total. The summed E-state index contributed by atoms with van der Waals surface area (Å²) >= 11 is 0. The van der Waals surface area contributed by atoms with E-state index in [1.54, 1.807) is 0 Å². The van der Waals surface area contributed by atoms with Gasteiger partial charge in [-0.2, -0.15) is 0 Å². The molecule has 0 aliphatic rings. The highest BCUT2D eigenvalue weighted by atomic mass is 16.2. The zero-order chi connectivity index (χ0) is 14.1. The zero-order valence-corrected chi connectivity index (χ0v) is 12.3. The van der Waals surface area contributed by atoms with Gasteiger partial charge < -0.3 is 10.6 Å². The maximum atomic E-state index is 11.9. The number of amides is 2. The third-order valence-electron chi connectivity index (χ3n) is 3.42. The molecule has 0 bridgehead atoms. The number of rotatable bonds is 7. The number of carbonyl (C=O) groups is 1. The second kappa shape index (κ2) is 8.57. The van der Waals surface area contributed by atoms with E-state index in [0.717, 1.165) is 18.5 Å². The van der Waals surface area contributed by atoms with Crippen LogP contribution in [0.25, 0.3) is 0 Å². The van der Waals surface area contributed by atoms with Gasteiger partial charge in [0.2, 0.25) is 0 Å². The highest BCUT2D eigenvalue weighted by Gasteiger charge is 2.17. The van der Waals surface area contributed by atoms with E-state index < -0.39 is 0 Å². The Kier molecular flexibility index (Phi) is 7.01. The molecule has 19 heavy (non-hydrogen) atoms. The first kappa shape index (κ1) is 15.5. The molecule has 0 radical (unpaired) electrons. The summed E-state index contributed by atoms with van der Waals surface area (Å²) < 4.78 is 0. The van der Waals surface area contributed by atoms with Gasteiger partial charge in [-0.3, -0.25) is 0 Å². The van der Waals surface area contributed by atoms with E-state index >= 15 is 0 Å². The van der Waals surface area contributed by atoms with Crippen molar-refractivity contribution in [1.82, 2.24) is 5.32 Å². The van der Waals surface area contributed by atoms with Crippen LogP contribution in [0.15, 0.2) is 30.3 Å². The zero-order valence-electron chi connectivity index (χ0n) is 12.3. The Morgan fingerprint density at radius 1 is 1.11 bits per heavy atom. The summed E-state index contributed by atoms with van der Waals surface area (Å²) in [5, 5.41) is 5.91. The maximum absolute atomic E-state index is 11.9. The summed E-state index contributed by atoms with van der Waals surface area (Å²) in [6.45, 7) is 6.49. The number of carbonyl (C=O) groups excluding carboxylic acids is 1. The fourth-order valence-electron chi connectivity index (χ4n) is 2.40. The van der Waals surface area contributed by atoms with Crippen LogP contribution in [0, 0.1) is 5.92 Å². The van der Waals surface area contributed by atoms with Crippen molar-refractivity contribution in [3.8, 4) is 0 Å². The normalized spacial score (nSPS) is 12.2. The van der Waals surface area contributed by atoms with Gasteiger partial charge in [0.1, 0.15) is 0 Å². The van der Waals surface area contributed by atoms with E-state index in [-0.39, 0.29) is 12.1 Å². The molecular weight excluding hydrogens is 236 g/mol. The molecule has 0 saturated carbocycles. The third kappa shape index (κ3) is 5.77. The number of hydrogen-bond acceptors (Lipinski definition) is 1. The minimum absolute atomic E-state index is 0.115. The van der Waals surface area contributed by atoms with Crippen molar-refractivity contribution in [2.45, 2.75) is 52.5 Å². The first-order chi connectivity index (χ1) is 9.17. The minimum atomic E-state index is -0.115. The molecule has 2 amide bonds. The van der Waals surface area contributed by atoms with Gasteiger partial charge in [-0.1, -0.05) is 44.9 Å². The van der Waals surface area contributed by atoms with Gasteiger partial charge in [-0.15, -0.1) is 0 Å². The number of para-hydroxylation sites is 1. The highest BCUT2D eigenvalue weighted by molar-refractivity contribution is 5.89. The van der Waals surface area contributed by atoms with E-state index in [4.69, 9.17) is 0 Å². The number of urea groups is 1. The summed E-state index contributed by atoms with van der Waals surface area (Å²) in [7, 11) is 0. The number of anilines is 1. The van der Waals surface area contributed by atoms with Crippen LogP contribution in [0.1, 0.15) is 46.5 Å². The number of benzene rings is 1. The van der Waals surface area contributed by atoms with Gasteiger partial charge in [-0.25, -0.2) is 4.79 Å². The molecule has 0 aliphatic heterocycles. The molecule has 0 heterocycles. The molecule has 0 aromatic heterocycles. The Balaban J connectivity index is 2.45. The summed E-state index contributed by atoms with van der Waals surface area (Å²) in [4.78, 5) is 11.9. The molecule has 2 N–H and O–H groups in total. The van der Waals surface area contributed by atoms with Crippen LogP contribution in [0.5, 0.6) is 0 Å². The SMILES string of the molecule is CCCC(CCC)C(C)NC(=O)Nc1ccccc1. The largest absolute Gasteiger partial charge is 0.335 e. The van der Waals surface area contributed by atoms with Crippen molar-refractivity contribution < 1.29 is 4.79 Å². The summed E-state index contributed by atoms with van der Waals surface area (Å²) in [6.07, 6.45) is 4.66. The maximum Gasteiger partial charge on any atom is 0.319 e. The molecule has 0 saturated heterocycles. The average Bonchev–Trinajstić information content (AvgIpc) is 2.39. The van der Waals surface area contributed by atoms with Gasteiger partial charge in [0.05, 0.1) is 0 Å². The first-order valence-electron chi connectivity index (χ1n) is 7.29. The van der Waals surface area contributed by atoms with Crippen molar-refractivity contribution in [3.63, 3.8) is 0 Å². The minimum Gasteiger partial charge on any atom is -0.335 e. The predicted octanol–water partition coefficient (Wildman–Crippen LogP) is 4.41. The van der Waals surface area contributed by atoms with Crippen LogP contribution < -0.4 is 10.6 Å². The van der Waals surface area contributed by atoms with Crippen molar-refractivity contribution in [2.24, 2.45) is 5.92 Å². The van der Waals surface area contributed by atoms with Crippen molar-refractivity contribution in [1.29, 1.82) is 0 Å². The molecule has 1 unspecified atom stereocenters. The monoisotopic (exact) mass is 262 g/mol. The van der Waals surface area contributed by atoms with Crippen LogP contribution in [0.4, 0.5) is 10.5 Å². The van der Waals surface area contributed by atoms with Crippen LogP contribution in [-0.2, 0) is 0 Å². The fourth-order valence-corrected chi connectivity index (χ4v) is 2.40. The quantitative estimate of drug-likeness (QED) is 0.750. The Bertz CT molecular complexity index is 358. The van der Waals surface area contributed by atoms with E-state index in [0.29, 0.717) is 5.92 Å². The standard InChI is InChI=1S/C16H26N2O/c1-4-9-14(10-5-2)13(3)17-16(19)18-15-11-7-6-8-12-15/h6-8,11-14H,4-5,9-10H2,1-3H3,(H2,17,18,19). The molecule has 1 atom stereocenters. The number of nitrogens with one attached hydrogen (secondary N) is 2. The lowest BCUT2D eigenvalue weighted by molar-refractivity contribution is 0.241. The van der Waals surface area contributed by atoms with Gasteiger partial charge in [0.25, 0.3) is 0 Å². The summed E-state index contributed by atoms with van der Waals surface area (Å²) in [5.41, 5.74) is 0.828. The van der Waals surface area contributed by atoms with Crippen LogP contribution in [-0.4, -0.2) is 12.1 Å². The van der Waals surface area contributed by atoms with Gasteiger partial charge in [0, 0.05) is 11.7 Å². The van der Waals surface area contributed by atoms with E-state index in [9.17, 15) is 4.79 Å². The molecule has 3 heteroatoms. The Morgan fingerprint density at radius 2 is 1.68 bits per heavy atom. The van der Waals surface area contributed by atoms with Crippen LogP contribution in [0.3, 0.4) is 0 Å². The second-order valence-corrected chi connectivity index (χ2v) is 5.09. The Labute approximate surface area is 116 Å². The molecule has 1 aromatic carbocycles. The van der Waals surface area contributed by atoms with Crippen molar-refractivity contribution >= 4 is 11.7 Å². The molecule has 0 fully saturated rings. The smallest absolute Gasteiger partial charge is 0.319 e. The Hall–Kier alpha value is -1.51. The first-order valence-corrected chi connectivity index (χ1v) is 7.29. The molecule has 0 aliphatic carbocycles. The van der Waals surface area contributed by atoms with Gasteiger partial charge >= 0.3 is 6.03 Å². The van der Waals surface area contributed by atoms with E-state index in [2.05, 4.69) is 31.4 Å². The van der Waals surface area contributed by atoms with E-state index in [1.807, 2.05) is 30.3 Å². The predicted molar refractivity (Wildman–Crippen MR) is 81.4 cm³/mol. The molecule has 0 spiro atoms. The second-order valence-electron chi connectivity index (χ2n) is 5.09. The molecule has 1 rings (SSSR count). The van der Waals surface area contributed by atoms with Crippen molar-refractivity contribution in [2.75, 3.05) is 5.32 Å². The van der Waals surface area contributed by atoms with Crippen molar-refractivity contribution in [3.05, 3.63) is 30.3 Å². The molecule has 1 aromatic rings. The highest BCUT2D eigenvalue weighted by Crippen LogP contribution is 2.17.